The van der Waals surface area contributed by atoms with E-state index in [2.05, 4.69) is 18.2 Å². The van der Waals surface area contributed by atoms with Gasteiger partial charge in [-0.3, -0.25) is 4.79 Å². The lowest BCUT2D eigenvalue weighted by atomic mass is 9.99. The van der Waals surface area contributed by atoms with Gasteiger partial charge in [0.05, 0.1) is 7.11 Å². The summed E-state index contributed by atoms with van der Waals surface area (Å²) in [6.45, 7) is 2.11. The predicted molar refractivity (Wildman–Crippen MR) is 116 cm³/mol. The van der Waals surface area contributed by atoms with Gasteiger partial charge in [-0.15, -0.1) is 0 Å². The molecule has 0 aromatic heterocycles. The molecule has 0 atom stereocenters. The van der Waals surface area contributed by atoms with Crippen molar-refractivity contribution in [2.45, 2.75) is 24.2 Å². The van der Waals surface area contributed by atoms with Gasteiger partial charge < -0.3 is 9.64 Å². The van der Waals surface area contributed by atoms with Crippen LogP contribution in [-0.2, 0) is 10.0 Å². The molecule has 1 fully saturated rings. The van der Waals surface area contributed by atoms with Crippen molar-refractivity contribution in [2.24, 2.45) is 0 Å². The van der Waals surface area contributed by atoms with Crippen LogP contribution in [0.4, 0.5) is 0 Å². The van der Waals surface area contributed by atoms with Crippen LogP contribution in [0.1, 0.15) is 35.2 Å². The van der Waals surface area contributed by atoms with Crippen LogP contribution in [0.5, 0.6) is 5.75 Å². The van der Waals surface area contributed by atoms with Gasteiger partial charge in [-0.25, -0.2) is 8.42 Å². The Bertz CT molecular complexity index is 1060. The van der Waals surface area contributed by atoms with Crippen molar-refractivity contribution in [1.29, 1.82) is 0 Å². The number of methoxy groups -OCH3 is 1. The van der Waals surface area contributed by atoms with E-state index in [-0.39, 0.29) is 16.6 Å². The summed E-state index contributed by atoms with van der Waals surface area (Å²) in [5.41, 5.74) is 2.77. The smallest absolute Gasteiger partial charge is 0.254 e. The summed E-state index contributed by atoms with van der Waals surface area (Å²) in [4.78, 5) is 14.9. The van der Waals surface area contributed by atoms with Crippen molar-refractivity contribution in [3.63, 3.8) is 0 Å². The minimum Gasteiger partial charge on any atom is -0.495 e. The Kier molecular flexibility index (Phi) is 5.92. The van der Waals surface area contributed by atoms with E-state index < -0.39 is 10.0 Å². The maximum absolute atomic E-state index is 13.1. The van der Waals surface area contributed by atoms with Crippen molar-refractivity contribution >= 4 is 21.5 Å². The highest BCUT2D eigenvalue weighted by molar-refractivity contribution is 7.89. The quantitative estimate of drug-likeness (QED) is 0.735. The van der Waals surface area contributed by atoms with Gasteiger partial charge in [0, 0.05) is 31.7 Å². The number of amides is 1. The molecule has 7 heteroatoms. The molecule has 2 aliphatic heterocycles. The summed E-state index contributed by atoms with van der Waals surface area (Å²) in [5, 5.41) is 0. The number of hydrogen-bond acceptors (Lipinski definition) is 4. The standard InChI is InChI=1S/C23H26N2O4S/c1-29-21-10-9-20(17-22(21)30(27,28)25-13-5-6-14-25)23(26)24-15-11-19(12-16-24)18-7-3-2-4-8-18/h2-4,7-11,17H,5-6,12-16H2,1H3. The highest BCUT2D eigenvalue weighted by atomic mass is 32.2. The lowest BCUT2D eigenvalue weighted by Crippen LogP contribution is -2.35. The van der Waals surface area contributed by atoms with Crippen molar-refractivity contribution < 1.29 is 17.9 Å². The van der Waals surface area contributed by atoms with Crippen LogP contribution in [0.15, 0.2) is 59.5 Å². The topological polar surface area (TPSA) is 66.9 Å². The number of carbonyl (C=O) groups is 1. The lowest BCUT2D eigenvalue weighted by molar-refractivity contribution is 0.0772. The third-order valence-corrected chi connectivity index (χ3v) is 7.65. The van der Waals surface area contributed by atoms with Gasteiger partial charge in [0.1, 0.15) is 10.6 Å². The van der Waals surface area contributed by atoms with Gasteiger partial charge in [-0.05, 0) is 48.6 Å². The van der Waals surface area contributed by atoms with Crippen LogP contribution < -0.4 is 4.74 Å². The van der Waals surface area contributed by atoms with Crippen molar-refractivity contribution in [2.75, 3.05) is 33.3 Å². The molecule has 30 heavy (non-hydrogen) atoms. The predicted octanol–water partition coefficient (Wildman–Crippen LogP) is 3.41. The number of hydrogen-bond donors (Lipinski definition) is 0. The summed E-state index contributed by atoms with van der Waals surface area (Å²) < 4.78 is 32.9. The van der Waals surface area contributed by atoms with Crippen LogP contribution in [0.3, 0.4) is 0 Å². The zero-order chi connectivity index (χ0) is 21.1. The van der Waals surface area contributed by atoms with Crippen molar-refractivity contribution in [3.8, 4) is 5.75 Å². The van der Waals surface area contributed by atoms with Crippen molar-refractivity contribution in [1.82, 2.24) is 9.21 Å². The van der Waals surface area contributed by atoms with Gasteiger partial charge in [-0.1, -0.05) is 36.4 Å². The van der Waals surface area contributed by atoms with Crippen LogP contribution in [0, 0.1) is 0 Å². The molecule has 0 aliphatic carbocycles. The zero-order valence-corrected chi connectivity index (χ0v) is 17.9. The molecule has 2 aromatic rings. The SMILES string of the molecule is COc1ccc(C(=O)N2CC=C(c3ccccc3)CC2)cc1S(=O)(=O)N1CCCC1. The molecule has 0 radical (unpaired) electrons. The second kappa shape index (κ2) is 8.62. The first kappa shape index (κ1) is 20.6. The van der Waals surface area contributed by atoms with E-state index >= 15 is 0 Å². The molecule has 2 aromatic carbocycles. The first-order valence-corrected chi connectivity index (χ1v) is 11.7. The Labute approximate surface area is 177 Å². The Hall–Kier alpha value is -2.64. The molecule has 158 valence electrons. The molecule has 2 aliphatic rings. The van der Waals surface area contributed by atoms with E-state index in [9.17, 15) is 13.2 Å². The number of rotatable bonds is 5. The first-order chi connectivity index (χ1) is 14.5. The van der Waals surface area contributed by atoms with E-state index in [1.165, 1.54) is 28.6 Å². The van der Waals surface area contributed by atoms with Gasteiger partial charge >= 0.3 is 0 Å². The second-order valence-corrected chi connectivity index (χ2v) is 9.48. The van der Waals surface area contributed by atoms with Crippen LogP contribution in [-0.4, -0.2) is 56.8 Å². The third kappa shape index (κ3) is 4.00. The van der Waals surface area contributed by atoms with Crippen LogP contribution >= 0.6 is 0 Å². The Balaban J connectivity index is 1.57. The van der Waals surface area contributed by atoms with Crippen LogP contribution in [0.25, 0.3) is 5.57 Å². The Morgan fingerprint density at radius 3 is 2.37 bits per heavy atom. The average Bonchev–Trinajstić information content (AvgIpc) is 3.35. The highest BCUT2D eigenvalue weighted by Crippen LogP contribution is 2.31. The molecule has 4 rings (SSSR count). The molecule has 0 saturated carbocycles. The molecule has 1 saturated heterocycles. The number of nitrogens with zero attached hydrogens (tertiary/aromatic N) is 2. The normalized spacial score (nSPS) is 17.6. The molecule has 0 unspecified atom stereocenters. The van der Waals surface area contributed by atoms with E-state index in [1.807, 2.05) is 18.2 Å². The summed E-state index contributed by atoms with van der Waals surface area (Å²) >= 11 is 0. The zero-order valence-electron chi connectivity index (χ0n) is 17.1. The van der Waals surface area contributed by atoms with E-state index in [4.69, 9.17) is 4.74 Å². The van der Waals surface area contributed by atoms with Gasteiger partial charge in [-0.2, -0.15) is 4.31 Å². The fourth-order valence-corrected chi connectivity index (χ4v) is 5.73. The molecule has 0 spiro atoms. The minimum atomic E-state index is -3.69. The van der Waals surface area contributed by atoms with Crippen molar-refractivity contribution in [3.05, 3.63) is 65.7 Å². The lowest BCUT2D eigenvalue weighted by Gasteiger charge is -2.27. The third-order valence-electron chi connectivity index (χ3n) is 5.73. The summed E-state index contributed by atoms with van der Waals surface area (Å²) in [6.07, 6.45) is 4.54. The number of sulfonamides is 1. The Morgan fingerprint density at radius 2 is 1.73 bits per heavy atom. The van der Waals surface area contributed by atoms with Gasteiger partial charge in [0.15, 0.2) is 0 Å². The molecule has 0 bridgehead atoms. The molecule has 0 N–H and O–H groups in total. The van der Waals surface area contributed by atoms with Gasteiger partial charge in [0.2, 0.25) is 10.0 Å². The molecule has 2 heterocycles. The maximum atomic E-state index is 13.1. The number of ether oxygens (including phenoxy) is 1. The fourth-order valence-electron chi connectivity index (χ4n) is 4.03. The van der Waals surface area contributed by atoms with E-state index in [0.29, 0.717) is 31.7 Å². The van der Waals surface area contributed by atoms with E-state index in [1.54, 1.807) is 17.0 Å². The molecule has 6 nitrogen and oxygen atoms in total. The summed E-state index contributed by atoms with van der Waals surface area (Å²) in [5.74, 6) is 0.0993. The number of carbonyl (C=O) groups excluding carboxylic acids is 1. The second-order valence-electron chi connectivity index (χ2n) is 7.57. The monoisotopic (exact) mass is 426 g/mol. The molecular weight excluding hydrogens is 400 g/mol. The number of benzene rings is 2. The largest absolute Gasteiger partial charge is 0.495 e. The van der Waals surface area contributed by atoms with E-state index in [0.717, 1.165) is 19.3 Å². The van der Waals surface area contributed by atoms with Crippen LogP contribution in [0.2, 0.25) is 0 Å². The minimum absolute atomic E-state index is 0.0651. The summed E-state index contributed by atoms with van der Waals surface area (Å²) in [6, 6.07) is 14.8. The first-order valence-electron chi connectivity index (χ1n) is 10.2. The fraction of sp³-hybridized carbons (Fsp3) is 0.348. The molecule has 1 amide bonds. The maximum Gasteiger partial charge on any atom is 0.254 e. The Morgan fingerprint density at radius 1 is 1.00 bits per heavy atom. The summed E-state index contributed by atoms with van der Waals surface area (Å²) in [7, 11) is -2.24. The van der Waals surface area contributed by atoms with Gasteiger partial charge in [0.25, 0.3) is 5.91 Å². The highest BCUT2D eigenvalue weighted by Gasteiger charge is 2.31. The molecular formula is C23H26N2O4S. The average molecular weight is 427 g/mol.